The Bertz CT molecular complexity index is 697. The van der Waals surface area contributed by atoms with Gasteiger partial charge in [0.2, 0.25) is 5.91 Å². The summed E-state index contributed by atoms with van der Waals surface area (Å²) in [6.45, 7) is 2.00. The average Bonchev–Trinajstić information content (AvgIpc) is 3.29. The van der Waals surface area contributed by atoms with Crippen molar-refractivity contribution < 1.29 is 9.53 Å². The molecule has 1 saturated carbocycles. The number of ether oxygens (including phenoxy) is 1. The topological polar surface area (TPSA) is 38.3 Å². The molecule has 1 amide bonds. The predicted molar refractivity (Wildman–Crippen MR) is 91.4 cm³/mol. The molecule has 0 bridgehead atoms. The van der Waals surface area contributed by atoms with Crippen LogP contribution in [0.15, 0.2) is 46.9 Å². The average molecular weight is 360 g/mol. The second-order valence-electron chi connectivity index (χ2n) is 5.69. The van der Waals surface area contributed by atoms with E-state index in [1.807, 2.05) is 37.3 Å². The Labute approximate surface area is 138 Å². The molecule has 4 heteroatoms. The molecular weight excluding hydrogens is 342 g/mol. The normalized spacial score (nSPS) is 19.6. The summed E-state index contributed by atoms with van der Waals surface area (Å²) in [5.41, 5.74) is 3.06. The molecule has 0 aromatic heterocycles. The lowest BCUT2D eigenvalue weighted by Crippen LogP contribution is -2.15. The molecule has 2 aromatic rings. The number of methoxy groups -OCH3 is 1. The van der Waals surface area contributed by atoms with E-state index in [2.05, 4.69) is 33.4 Å². The molecule has 22 heavy (non-hydrogen) atoms. The van der Waals surface area contributed by atoms with E-state index >= 15 is 0 Å². The van der Waals surface area contributed by atoms with E-state index in [-0.39, 0.29) is 11.8 Å². The van der Waals surface area contributed by atoms with E-state index < -0.39 is 0 Å². The van der Waals surface area contributed by atoms with Gasteiger partial charge in [-0.05, 0) is 54.7 Å². The van der Waals surface area contributed by atoms with Gasteiger partial charge in [0.15, 0.2) is 0 Å². The summed E-state index contributed by atoms with van der Waals surface area (Å²) in [5, 5.41) is 3.00. The Morgan fingerprint density at radius 2 is 1.95 bits per heavy atom. The van der Waals surface area contributed by atoms with E-state index in [0.717, 1.165) is 22.1 Å². The first-order valence-corrected chi connectivity index (χ1v) is 8.09. The molecule has 1 aliphatic carbocycles. The van der Waals surface area contributed by atoms with Crippen LogP contribution in [0.2, 0.25) is 0 Å². The molecule has 3 rings (SSSR count). The first-order valence-electron chi connectivity index (χ1n) is 7.29. The van der Waals surface area contributed by atoms with Crippen LogP contribution in [0.25, 0.3) is 0 Å². The Balaban J connectivity index is 1.69. The fourth-order valence-electron chi connectivity index (χ4n) is 2.71. The molecule has 0 heterocycles. The molecule has 3 nitrogen and oxygen atoms in total. The van der Waals surface area contributed by atoms with Crippen LogP contribution in [0.3, 0.4) is 0 Å². The van der Waals surface area contributed by atoms with Crippen LogP contribution in [0.4, 0.5) is 5.69 Å². The lowest BCUT2D eigenvalue weighted by atomic mass is 10.1. The first kappa shape index (κ1) is 15.1. The first-order chi connectivity index (χ1) is 10.6. The second kappa shape index (κ2) is 6.13. The SMILES string of the molecule is COc1ccc(C)cc1NC(=O)C1CC1c1ccc(Br)cc1. The van der Waals surface area contributed by atoms with Crippen LogP contribution in [-0.2, 0) is 4.79 Å². The number of benzene rings is 2. The molecule has 1 fully saturated rings. The van der Waals surface area contributed by atoms with Crippen molar-refractivity contribution in [2.75, 3.05) is 12.4 Å². The zero-order valence-corrected chi connectivity index (χ0v) is 14.2. The summed E-state index contributed by atoms with van der Waals surface area (Å²) < 4.78 is 6.36. The fraction of sp³-hybridized carbons (Fsp3) is 0.278. The maximum atomic E-state index is 12.4. The number of rotatable bonds is 4. The predicted octanol–water partition coefficient (Wildman–Crippen LogP) is 4.51. The Hall–Kier alpha value is -1.81. The lowest BCUT2D eigenvalue weighted by Gasteiger charge is -2.11. The number of aryl methyl sites for hydroxylation is 1. The van der Waals surface area contributed by atoms with Crippen molar-refractivity contribution in [3.8, 4) is 5.75 Å². The minimum Gasteiger partial charge on any atom is -0.495 e. The standard InChI is InChI=1S/C18H18BrNO2/c1-11-3-8-17(22-2)16(9-11)20-18(21)15-10-14(15)12-4-6-13(19)7-5-12/h3-9,14-15H,10H2,1-2H3,(H,20,21). The van der Waals surface area contributed by atoms with Gasteiger partial charge in [-0.3, -0.25) is 4.79 Å². The molecule has 2 aromatic carbocycles. The molecule has 0 spiro atoms. The maximum Gasteiger partial charge on any atom is 0.228 e. The monoisotopic (exact) mass is 359 g/mol. The molecular formula is C18H18BrNO2. The third kappa shape index (κ3) is 3.17. The van der Waals surface area contributed by atoms with Gasteiger partial charge in [-0.25, -0.2) is 0 Å². The highest BCUT2D eigenvalue weighted by Gasteiger charge is 2.44. The zero-order valence-electron chi connectivity index (χ0n) is 12.6. The van der Waals surface area contributed by atoms with Gasteiger partial charge in [0.05, 0.1) is 12.8 Å². The summed E-state index contributed by atoms with van der Waals surface area (Å²) >= 11 is 3.43. The number of anilines is 1. The highest BCUT2D eigenvalue weighted by molar-refractivity contribution is 9.10. The molecule has 1 aliphatic rings. The minimum absolute atomic E-state index is 0.0476. The highest BCUT2D eigenvalue weighted by Crippen LogP contribution is 2.48. The van der Waals surface area contributed by atoms with Crippen LogP contribution in [0.1, 0.15) is 23.5 Å². The van der Waals surface area contributed by atoms with Crippen LogP contribution >= 0.6 is 15.9 Å². The van der Waals surface area contributed by atoms with Gasteiger partial charge in [0, 0.05) is 10.4 Å². The lowest BCUT2D eigenvalue weighted by molar-refractivity contribution is -0.117. The van der Waals surface area contributed by atoms with E-state index in [4.69, 9.17) is 4.74 Å². The van der Waals surface area contributed by atoms with Crippen LogP contribution < -0.4 is 10.1 Å². The molecule has 0 radical (unpaired) electrons. The van der Waals surface area contributed by atoms with Crippen molar-refractivity contribution in [1.82, 2.24) is 0 Å². The van der Waals surface area contributed by atoms with Gasteiger partial charge >= 0.3 is 0 Å². The van der Waals surface area contributed by atoms with Gasteiger partial charge in [-0.1, -0.05) is 34.1 Å². The maximum absolute atomic E-state index is 12.4. The van der Waals surface area contributed by atoms with E-state index in [1.54, 1.807) is 7.11 Å². The quantitative estimate of drug-likeness (QED) is 0.871. The van der Waals surface area contributed by atoms with E-state index in [0.29, 0.717) is 11.7 Å². The third-order valence-corrected chi connectivity index (χ3v) is 4.57. The molecule has 114 valence electrons. The Kier molecular flexibility index (Phi) is 4.21. The van der Waals surface area contributed by atoms with Crippen molar-refractivity contribution in [3.63, 3.8) is 0 Å². The van der Waals surface area contributed by atoms with Gasteiger partial charge in [0.1, 0.15) is 5.75 Å². The number of carbonyl (C=O) groups excluding carboxylic acids is 1. The molecule has 2 unspecified atom stereocenters. The zero-order chi connectivity index (χ0) is 15.7. The van der Waals surface area contributed by atoms with Gasteiger partial charge in [-0.15, -0.1) is 0 Å². The number of hydrogen-bond acceptors (Lipinski definition) is 2. The molecule has 1 N–H and O–H groups in total. The molecule has 0 aliphatic heterocycles. The highest BCUT2D eigenvalue weighted by atomic mass is 79.9. The van der Waals surface area contributed by atoms with Crippen LogP contribution in [0, 0.1) is 12.8 Å². The van der Waals surface area contributed by atoms with Crippen LogP contribution in [0.5, 0.6) is 5.75 Å². The van der Waals surface area contributed by atoms with E-state index in [9.17, 15) is 4.79 Å². The fourth-order valence-corrected chi connectivity index (χ4v) is 2.97. The third-order valence-electron chi connectivity index (χ3n) is 4.04. The Morgan fingerprint density at radius 3 is 2.64 bits per heavy atom. The number of hydrogen-bond donors (Lipinski definition) is 1. The second-order valence-corrected chi connectivity index (χ2v) is 6.61. The number of carbonyl (C=O) groups is 1. The van der Waals surface area contributed by atoms with Crippen molar-refractivity contribution in [2.45, 2.75) is 19.3 Å². The van der Waals surface area contributed by atoms with Crippen molar-refractivity contribution >= 4 is 27.5 Å². The Morgan fingerprint density at radius 1 is 1.23 bits per heavy atom. The number of halogens is 1. The summed E-state index contributed by atoms with van der Waals surface area (Å²) in [5.74, 6) is 1.13. The summed E-state index contributed by atoms with van der Waals surface area (Å²) in [6.07, 6.45) is 0.904. The van der Waals surface area contributed by atoms with Crippen LogP contribution in [-0.4, -0.2) is 13.0 Å². The molecule has 2 atom stereocenters. The largest absolute Gasteiger partial charge is 0.495 e. The molecule has 0 saturated heterocycles. The van der Waals surface area contributed by atoms with Gasteiger partial charge in [0.25, 0.3) is 0 Å². The summed E-state index contributed by atoms with van der Waals surface area (Å²) in [4.78, 5) is 12.4. The summed E-state index contributed by atoms with van der Waals surface area (Å²) in [7, 11) is 1.61. The number of nitrogens with one attached hydrogen (secondary N) is 1. The van der Waals surface area contributed by atoms with Crippen molar-refractivity contribution in [2.24, 2.45) is 5.92 Å². The van der Waals surface area contributed by atoms with Crippen molar-refractivity contribution in [3.05, 3.63) is 58.1 Å². The number of amides is 1. The van der Waals surface area contributed by atoms with Gasteiger partial charge < -0.3 is 10.1 Å². The van der Waals surface area contributed by atoms with E-state index in [1.165, 1.54) is 5.56 Å². The van der Waals surface area contributed by atoms with Gasteiger partial charge in [-0.2, -0.15) is 0 Å². The minimum atomic E-state index is 0.0476. The smallest absolute Gasteiger partial charge is 0.228 e. The van der Waals surface area contributed by atoms with Crippen molar-refractivity contribution in [1.29, 1.82) is 0 Å². The summed E-state index contributed by atoms with van der Waals surface area (Å²) in [6, 6.07) is 14.0.